The van der Waals surface area contributed by atoms with Crippen LogP contribution in [0.25, 0.3) is 5.52 Å². The van der Waals surface area contributed by atoms with Crippen molar-refractivity contribution in [2.45, 2.75) is 0 Å². The summed E-state index contributed by atoms with van der Waals surface area (Å²) in [6.07, 6.45) is 6.13. The third-order valence-electron chi connectivity index (χ3n) is 2.77. The number of fused-ring (bicyclic) bond motifs is 1. The summed E-state index contributed by atoms with van der Waals surface area (Å²) in [7, 11) is 0. The van der Waals surface area contributed by atoms with Gasteiger partial charge in [0, 0.05) is 12.4 Å². The van der Waals surface area contributed by atoms with Crippen molar-refractivity contribution in [1.82, 2.24) is 14.6 Å². The lowest BCUT2D eigenvalue weighted by Gasteiger charge is -2.02. The van der Waals surface area contributed by atoms with Gasteiger partial charge in [-0.15, -0.1) is 0 Å². The largest absolute Gasteiger partial charge is 0.288 e. The molecule has 0 unspecified atom stereocenters. The Morgan fingerprint density at radius 2 is 2.11 bits per heavy atom. The summed E-state index contributed by atoms with van der Waals surface area (Å²) in [5, 5.41) is 4.04. The average molecular weight is 320 g/mol. The van der Waals surface area contributed by atoms with Gasteiger partial charge in [-0.25, -0.2) is 8.91 Å². The molecule has 0 N–H and O–H groups in total. The zero-order valence-electron chi connectivity index (χ0n) is 9.55. The van der Waals surface area contributed by atoms with Crippen LogP contribution in [-0.2, 0) is 0 Å². The van der Waals surface area contributed by atoms with Crippen molar-refractivity contribution in [2.24, 2.45) is 0 Å². The lowest BCUT2D eigenvalue weighted by molar-refractivity contribution is 0.103. The van der Waals surface area contributed by atoms with Crippen LogP contribution < -0.4 is 0 Å². The molecule has 19 heavy (non-hydrogen) atoms. The summed E-state index contributed by atoms with van der Waals surface area (Å²) < 4.78 is 15.7. The number of hydrogen-bond acceptors (Lipinski definition) is 3. The normalized spacial score (nSPS) is 10.8. The van der Waals surface area contributed by atoms with Crippen LogP contribution >= 0.6 is 15.9 Å². The van der Waals surface area contributed by atoms with Gasteiger partial charge in [-0.05, 0) is 28.1 Å². The minimum Gasteiger partial charge on any atom is -0.288 e. The molecule has 0 saturated heterocycles. The van der Waals surface area contributed by atoms with Gasteiger partial charge in [0.2, 0.25) is 0 Å². The highest BCUT2D eigenvalue weighted by atomic mass is 79.9. The third kappa shape index (κ3) is 1.94. The van der Waals surface area contributed by atoms with E-state index in [0.29, 0.717) is 11.1 Å². The van der Waals surface area contributed by atoms with E-state index in [1.165, 1.54) is 23.0 Å². The topological polar surface area (TPSA) is 47.3 Å². The van der Waals surface area contributed by atoms with E-state index in [-0.39, 0.29) is 10.0 Å². The van der Waals surface area contributed by atoms with Gasteiger partial charge in [-0.2, -0.15) is 5.10 Å². The molecular weight excluding hydrogens is 313 g/mol. The Morgan fingerprint density at radius 3 is 2.95 bits per heavy atom. The second kappa shape index (κ2) is 4.55. The van der Waals surface area contributed by atoms with Crippen LogP contribution in [-0.4, -0.2) is 20.4 Å². The van der Waals surface area contributed by atoms with Crippen LogP contribution in [0.2, 0.25) is 0 Å². The SMILES string of the molecule is O=C(c1cccc(Br)c1F)c1cnn2ccncc12. The molecule has 94 valence electrons. The maximum atomic E-state index is 13.9. The minimum absolute atomic E-state index is 0.00753. The quantitative estimate of drug-likeness (QED) is 0.682. The van der Waals surface area contributed by atoms with Crippen LogP contribution in [0.15, 0.2) is 47.5 Å². The van der Waals surface area contributed by atoms with Crippen molar-refractivity contribution >= 4 is 27.2 Å². The van der Waals surface area contributed by atoms with Crippen molar-refractivity contribution in [2.75, 3.05) is 0 Å². The number of carbonyl (C=O) groups excluding carboxylic acids is 1. The predicted molar refractivity (Wildman–Crippen MR) is 70.5 cm³/mol. The van der Waals surface area contributed by atoms with Gasteiger partial charge in [-0.3, -0.25) is 9.78 Å². The molecule has 1 aromatic carbocycles. The molecule has 0 radical (unpaired) electrons. The Bertz CT molecular complexity index is 784. The Morgan fingerprint density at radius 1 is 1.26 bits per heavy atom. The van der Waals surface area contributed by atoms with Gasteiger partial charge < -0.3 is 0 Å². The fourth-order valence-electron chi connectivity index (χ4n) is 1.83. The summed E-state index contributed by atoms with van der Waals surface area (Å²) in [5.41, 5.74) is 0.880. The van der Waals surface area contributed by atoms with Crippen LogP contribution in [0.4, 0.5) is 4.39 Å². The summed E-state index contributed by atoms with van der Waals surface area (Å²) in [6.45, 7) is 0. The van der Waals surface area contributed by atoms with E-state index in [1.807, 2.05) is 0 Å². The minimum atomic E-state index is -0.573. The molecule has 0 amide bonds. The Hall–Kier alpha value is -2.08. The van der Waals surface area contributed by atoms with E-state index < -0.39 is 11.6 Å². The maximum absolute atomic E-state index is 13.9. The molecule has 2 aromatic heterocycles. The number of rotatable bonds is 2. The highest BCUT2D eigenvalue weighted by Gasteiger charge is 2.19. The lowest BCUT2D eigenvalue weighted by atomic mass is 10.0. The van der Waals surface area contributed by atoms with Crippen molar-refractivity contribution in [3.8, 4) is 0 Å². The van der Waals surface area contributed by atoms with Crippen molar-refractivity contribution in [1.29, 1.82) is 0 Å². The molecule has 0 atom stereocenters. The Kier molecular flexibility index (Phi) is 2.87. The van der Waals surface area contributed by atoms with Gasteiger partial charge >= 0.3 is 0 Å². The zero-order valence-corrected chi connectivity index (χ0v) is 11.1. The molecule has 0 aliphatic rings. The predicted octanol–water partition coefficient (Wildman–Crippen LogP) is 2.86. The van der Waals surface area contributed by atoms with Gasteiger partial charge in [-0.1, -0.05) is 6.07 Å². The number of halogens is 2. The van der Waals surface area contributed by atoms with Gasteiger partial charge in [0.1, 0.15) is 5.82 Å². The molecule has 0 fully saturated rings. The van der Waals surface area contributed by atoms with E-state index in [2.05, 4.69) is 26.0 Å². The molecule has 0 saturated carbocycles. The lowest BCUT2D eigenvalue weighted by Crippen LogP contribution is -2.04. The Balaban J connectivity index is 2.17. The molecule has 0 spiro atoms. The number of ketones is 1. The molecule has 2 heterocycles. The first kappa shape index (κ1) is 12.0. The molecule has 4 nitrogen and oxygen atoms in total. The van der Waals surface area contributed by atoms with E-state index in [0.717, 1.165) is 0 Å². The average Bonchev–Trinajstić information content (AvgIpc) is 2.85. The zero-order chi connectivity index (χ0) is 13.4. The third-order valence-corrected chi connectivity index (χ3v) is 3.38. The van der Waals surface area contributed by atoms with Crippen LogP contribution in [0.1, 0.15) is 15.9 Å². The fraction of sp³-hybridized carbons (Fsp3) is 0. The van der Waals surface area contributed by atoms with Crippen LogP contribution in [0, 0.1) is 5.82 Å². The van der Waals surface area contributed by atoms with Crippen LogP contribution in [0.3, 0.4) is 0 Å². The highest BCUT2D eigenvalue weighted by molar-refractivity contribution is 9.10. The standard InChI is InChI=1S/C13H7BrFN3O/c14-10-3-1-2-8(12(10)15)13(19)9-6-17-18-5-4-16-7-11(9)18/h1-7H. The molecule has 0 bridgehead atoms. The van der Waals surface area contributed by atoms with Gasteiger partial charge in [0.15, 0.2) is 5.78 Å². The first-order valence-electron chi connectivity index (χ1n) is 5.44. The summed E-state index contributed by atoms with van der Waals surface area (Å²) >= 11 is 3.07. The molecule has 0 aliphatic carbocycles. The first-order valence-corrected chi connectivity index (χ1v) is 6.24. The highest BCUT2D eigenvalue weighted by Crippen LogP contribution is 2.22. The molecular formula is C13H7BrFN3O. The van der Waals surface area contributed by atoms with Crippen molar-refractivity contribution in [3.05, 3.63) is 64.4 Å². The monoisotopic (exact) mass is 319 g/mol. The Labute approximate surface area is 116 Å². The molecule has 3 rings (SSSR count). The summed E-state index contributed by atoms with van der Waals surface area (Å²) in [4.78, 5) is 16.3. The van der Waals surface area contributed by atoms with Gasteiger partial charge in [0.25, 0.3) is 0 Å². The number of benzene rings is 1. The molecule has 3 aromatic rings. The molecule has 0 aliphatic heterocycles. The fourth-order valence-corrected chi connectivity index (χ4v) is 2.20. The first-order chi connectivity index (χ1) is 9.18. The van der Waals surface area contributed by atoms with Crippen molar-refractivity contribution < 1.29 is 9.18 Å². The van der Waals surface area contributed by atoms with Crippen molar-refractivity contribution in [3.63, 3.8) is 0 Å². The van der Waals surface area contributed by atoms with Crippen LogP contribution in [0.5, 0.6) is 0 Å². The number of aromatic nitrogens is 3. The maximum Gasteiger partial charge on any atom is 0.199 e. The summed E-state index contributed by atoms with van der Waals surface area (Å²) in [5.74, 6) is -0.988. The van der Waals surface area contributed by atoms with E-state index >= 15 is 0 Å². The summed E-state index contributed by atoms with van der Waals surface area (Å²) in [6, 6.07) is 4.61. The van der Waals surface area contributed by atoms with E-state index in [9.17, 15) is 9.18 Å². The van der Waals surface area contributed by atoms with E-state index in [4.69, 9.17) is 0 Å². The number of hydrogen-bond donors (Lipinski definition) is 0. The second-order valence-electron chi connectivity index (χ2n) is 3.89. The number of nitrogens with zero attached hydrogens (tertiary/aromatic N) is 3. The molecule has 6 heteroatoms. The second-order valence-corrected chi connectivity index (χ2v) is 4.75. The van der Waals surface area contributed by atoms with E-state index in [1.54, 1.807) is 24.5 Å². The number of carbonyl (C=O) groups is 1. The smallest absolute Gasteiger partial charge is 0.199 e. The van der Waals surface area contributed by atoms with Gasteiger partial charge in [0.05, 0.1) is 33.5 Å².